The lowest BCUT2D eigenvalue weighted by Crippen LogP contribution is -2.22. The molecule has 0 amide bonds. The summed E-state index contributed by atoms with van der Waals surface area (Å²) in [6.45, 7) is 2.43. The lowest BCUT2D eigenvalue weighted by molar-refractivity contribution is -0.384. The van der Waals surface area contributed by atoms with Crippen LogP contribution >= 0.6 is 15.9 Å². The maximum absolute atomic E-state index is 11.3. The first-order valence-electron chi connectivity index (χ1n) is 5.76. The van der Waals surface area contributed by atoms with Crippen LogP contribution in [0.4, 0.5) is 11.4 Å². The van der Waals surface area contributed by atoms with Crippen LogP contribution in [0.2, 0.25) is 0 Å². The number of carbonyl (C=O) groups is 1. The van der Waals surface area contributed by atoms with Gasteiger partial charge >= 0.3 is 5.97 Å². The largest absolute Gasteiger partial charge is 0.466 e. The Morgan fingerprint density at radius 2 is 2.21 bits per heavy atom. The summed E-state index contributed by atoms with van der Waals surface area (Å²) in [4.78, 5) is 23.5. The van der Waals surface area contributed by atoms with Crippen molar-refractivity contribution in [2.75, 3.05) is 25.1 Å². The molecule has 0 atom stereocenters. The molecule has 104 valence electrons. The molecule has 0 unspecified atom stereocenters. The molecule has 0 fully saturated rings. The van der Waals surface area contributed by atoms with Gasteiger partial charge < -0.3 is 9.64 Å². The third kappa shape index (κ3) is 4.51. The van der Waals surface area contributed by atoms with E-state index in [1.807, 2.05) is 0 Å². The van der Waals surface area contributed by atoms with Crippen molar-refractivity contribution < 1.29 is 14.5 Å². The standard InChI is InChI=1S/C12H15BrN2O4/c1-3-19-12(16)6-7-14(2)10-5-4-9(13)8-11(10)15(17)18/h4-5,8H,3,6-7H2,1-2H3. The van der Waals surface area contributed by atoms with E-state index < -0.39 is 4.92 Å². The van der Waals surface area contributed by atoms with Crippen molar-refractivity contribution in [2.45, 2.75) is 13.3 Å². The number of nitrogens with zero attached hydrogens (tertiary/aromatic N) is 2. The van der Waals surface area contributed by atoms with Crippen LogP contribution in [-0.4, -0.2) is 31.1 Å². The molecule has 0 bridgehead atoms. The SMILES string of the molecule is CCOC(=O)CCN(C)c1ccc(Br)cc1[N+](=O)[O-]. The highest BCUT2D eigenvalue weighted by atomic mass is 79.9. The topological polar surface area (TPSA) is 72.7 Å². The Kier molecular flexibility index (Phi) is 5.75. The smallest absolute Gasteiger partial charge is 0.307 e. The third-order valence-corrected chi connectivity index (χ3v) is 3.00. The Labute approximate surface area is 119 Å². The van der Waals surface area contributed by atoms with Gasteiger partial charge in [-0.1, -0.05) is 15.9 Å². The highest BCUT2D eigenvalue weighted by Gasteiger charge is 2.18. The van der Waals surface area contributed by atoms with Crippen LogP contribution in [0.5, 0.6) is 0 Å². The number of carbonyl (C=O) groups excluding carboxylic acids is 1. The van der Waals surface area contributed by atoms with Crippen LogP contribution in [0.3, 0.4) is 0 Å². The van der Waals surface area contributed by atoms with Gasteiger partial charge in [0.05, 0.1) is 18.0 Å². The van der Waals surface area contributed by atoms with Gasteiger partial charge in [0, 0.05) is 24.1 Å². The highest BCUT2D eigenvalue weighted by molar-refractivity contribution is 9.10. The predicted octanol–water partition coefficient (Wildman–Crippen LogP) is 2.75. The van der Waals surface area contributed by atoms with Crippen LogP contribution in [0.25, 0.3) is 0 Å². The monoisotopic (exact) mass is 330 g/mol. The summed E-state index contributed by atoms with van der Waals surface area (Å²) in [6, 6.07) is 4.81. The Morgan fingerprint density at radius 1 is 1.53 bits per heavy atom. The molecule has 0 aliphatic heterocycles. The lowest BCUT2D eigenvalue weighted by Gasteiger charge is -2.18. The van der Waals surface area contributed by atoms with E-state index in [1.165, 1.54) is 6.07 Å². The van der Waals surface area contributed by atoms with Gasteiger partial charge in [-0.15, -0.1) is 0 Å². The van der Waals surface area contributed by atoms with Crippen molar-refractivity contribution in [2.24, 2.45) is 0 Å². The van der Waals surface area contributed by atoms with E-state index in [4.69, 9.17) is 4.74 Å². The number of hydrogen-bond donors (Lipinski definition) is 0. The molecular weight excluding hydrogens is 316 g/mol. The van der Waals surface area contributed by atoms with Gasteiger partial charge in [0.15, 0.2) is 0 Å². The highest BCUT2D eigenvalue weighted by Crippen LogP contribution is 2.30. The minimum atomic E-state index is -0.443. The van der Waals surface area contributed by atoms with E-state index in [1.54, 1.807) is 31.0 Å². The van der Waals surface area contributed by atoms with Crippen molar-refractivity contribution in [3.63, 3.8) is 0 Å². The van der Waals surface area contributed by atoms with Crippen molar-refractivity contribution in [1.29, 1.82) is 0 Å². The molecule has 19 heavy (non-hydrogen) atoms. The van der Waals surface area contributed by atoms with Gasteiger partial charge in [0.2, 0.25) is 0 Å². The fraction of sp³-hybridized carbons (Fsp3) is 0.417. The quantitative estimate of drug-likeness (QED) is 0.455. The molecule has 7 heteroatoms. The van der Waals surface area contributed by atoms with Gasteiger partial charge in [-0.05, 0) is 19.1 Å². The molecular formula is C12H15BrN2O4. The zero-order chi connectivity index (χ0) is 14.4. The van der Waals surface area contributed by atoms with E-state index in [-0.39, 0.29) is 18.1 Å². The molecule has 0 saturated heterocycles. The number of rotatable bonds is 6. The van der Waals surface area contributed by atoms with Crippen LogP contribution in [0.15, 0.2) is 22.7 Å². The van der Waals surface area contributed by atoms with E-state index >= 15 is 0 Å². The van der Waals surface area contributed by atoms with Crippen molar-refractivity contribution >= 4 is 33.3 Å². The van der Waals surface area contributed by atoms with E-state index in [2.05, 4.69) is 15.9 Å². The number of esters is 1. The number of ether oxygens (including phenoxy) is 1. The number of benzene rings is 1. The van der Waals surface area contributed by atoms with Gasteiger partial charge in [0.1, 0.15) is 5.69 Å². The van der Waals surface area contributed by atoms with Crippen molar-refractivity contribution in [3.8, 4) is 0 Å². The summed E-state index contributed by atoms with van der Waals surface area (Å²) in [5.41, 5.74) is 0.471. The second kappa shape index (κ2) is 7.08. The first kappa shape index (κ1) is 15.4. The van der Waals surface area contributed by atoms with Crippen LogP contribution in [0.1, 0.15) is 13.3 Å². The number of nitro groups is 1. The lowest BCUT2D eigenvalue weighted by atomic mass is 10.2. The summed E-state index contributed by atoms with van der Waals surface area (Å²) in [7, 11) is 1.70. The molecule has 0 aromatic heterocycles. The van der Waals surface area contributed by atoms with Gasteiger partial charge in [-0.25, -0.2) is 0 Å². The fourth-order valence-electron chi connectivity index (χ4n) is 1.58. The molecule has 0 radical (unpaired) electrons. The average molecular weight is 331 g/mol. The predicted molar refractivity (Wildman–Crippen MR) is 75.3 cm³/mol. The van der Waals surface area contributed by atoms with Crippen molar-refractivity contribution in [3.05, 3.63) is 32.8 Å². The zero-order valence-electron chi connectivity index (χ0n) is 10.8. The third-order valence-electron chi connectivity index (χ3n) is 2.50. The molecule has 0 spiro atoms. The van der Waals surface area contributed by atoms with E-state index in [0.717, 1.165) is 0 Å². The normalized spacial score (nSPS) is 10.1. The zero-order valence-corrected chi connectivity index (χ0v) is 12.3. The summed E-state index contributed by atoms with van der Waals surface area (Å²) in [6.07, 6.45) is 0.192. The Bertz CT molecular complexity index is 479. The Balaban J connectivity index is 2.79. The van der Waals surface area contributed by atoms with Crippen LogP contribution in [0, 0.1) is 10.1 Å². The van der Waals surface area contributed by atoms with E-state index in [0.29, 0.717) is 23.3 Å². The molecule has 0 saturated carbocycles. The molecule has 6 nitrogen and oxygen atoms in total. The van der Waals surface area contributed by atoms with Gasteiger partial charge in [-0.3, -0.25) is 14.9 Å². The molecule has 1 rings (SSSR count). The molecule has 0 heterocycles. The maximum Gasteiger partial charge on any atom is 0.307 e. The fourth-order valence-corrected chi connectivity index (χ4v) is 1.93. The molecule has 0 aliphatic carbocycles. The summed E-state index contributed by atoms with van der Waals surface area (Å²) < 4.78 is 5.46. The number of hydrogen-bond acceptors (Lipinski definition) is 5. The molecule has 0 aliphatic rings. The van der Waals surface area contributed by atoms with E-state index in [9.17, 15) is 14.9 Å². The van der Waals surface area contributed by atoms with Crippen molar-refractivity contribution in [1.82, 2.24) is 0 Å². The number of halogens is 1. The first-order valence-corrected chi connectivity index (χ1v) is 6.55. The summed E-state index contributed by atoms with van der Waals surface area (Å²) in [5, 5.41) is 11.0. The number of nitro benzene ring substituents is 1. The minimum Gasteiger partial charge on any atom is -0.466 e. The summed E-state index contributed by atoms with van der Waals surface area (Å²) in [5.74, 6) is -0.311. The molecule has 1 aromatic carbocycles. The Morgan fingerprint density at radius 3 is 2.79 bits per heavy atom. The van der Waals surface area contributed by atoms with Crippen LogP contribution < -0.4 is 4.90 Å². The van der Waals surface area contributed by atoms with Gasteiger partial charge in [0.25, 0.3) is 5.69 Å². The molecule has 0 N–H and O–H groups in total. The number of anilines is 1. The first-order chi connectivity index (χ1) is 8.95. The second-order valence-corrected chi connectivity index (χ2v) is 4.78. The minimum absolute atomic E-state index is 0.000680. The van der Waals surface area contributed by atoms with Crippen LogP contribution in [-0.2, 0) is 9.53 Å². The second-order valence-electron chi connectivity index (χ2n) is 3.87. The molecule has 1 aromatic rings. The van der Waals surface area contributed by atoms with Gasteiger partial charge in [-0.2, -0.15) is 0 Å². The Hall–Kier alpha value is -1.63. The summed E-state index contributed by atoms with van der Waals surface area (Å²) >= 11 is 3.20. The maximum atomic E-state index is 11.3. The average Bonchev–Trinajstić information content (AvgIpc) is 2.36.